The van der Waals surface area contributed by atoms with Gasteiger partial charge in [-0.25, -0.2) is 4.39 Å². The van der Waals surface area contributed by atoms with Crippen LogP contribution in [0.15, 0.2) is 72.8 Å². The van der Waals surface area contributed by atoms with Gasteiger partial charge < -0.3 is 0 Å². The molecule has 3 aromatic carbocycles. The molecule has 3 aromatic rings. The van der Waals surface area contributed by atoms with E-state index >= 15 is 0 Å². The largest absolute Gasteiger partial charge is 0.206 e. The highest BCUT2D eigenvalue weighted by atomic mass is 19.1. The first kappa shape index (κ1) is 13.6. The van der Waals surface area contributed by atoms with Gasteiger partial charge in [-0.3, -0.25) is 0 Å². The molecule has 0 aliphatic carbocycles. The zero-order valence-electron chi connectivity index (χ0n) is 12.0. The van der Waals surface area contributed by atoms with Gasteiger partial charge in [-0.1, -0.05) is 73.7 Å². The van der Waals surface area contributed by atoms with E-state index in [-0.39, 0.29) is 5.82 Å². The van der Waals surface area contributed by atoms with Gasteiger partial charge in [0, 0.05) is 5.56 Å². The minimum absolute atomic E-state index is 0.182. The van der Waals surface area contributed by atoms with Crippen molar-refractivity contribution >= 4 is 0 Å². The van der Waals surface area contributed by atoms with Crippen LogP contribution in [0.25, 0.3) is 22.3 Å². The average molecular weight is 276 g/mol. The lowest BCUT2D eigenvalue weighted by Crippen LogP contribution is -1.91. The molecule has 0 aliphatic heterocycles. The molecule has 104 valence electrons. The molecule has 0 heterocycles. The van der Waals surface area contributed by atoms with E-state index in [0.29, 0.717) is 5.56 Å². The van der Waals surface area contributed by atoms with Crippen LogP contribution in [0.4, 0.5) is 4.39 Å². The standard InChI is InChI=1S/C20H17F/c1-2-15-9-3-4-10-16(15)17-11-5-6-12-18(17)19-13-7-8-14-20(19)21/h3-14H,2H2,1H3. The fourth-order valence-corrected chi connectivity index (χ4v) is 2.72. The van der Waals surface area contributed by atoms with Crippen LogP contribution in [0, 0.1) is 5.82 Å². The van der Waals surface area contributed by atoms with Crippen LogP contribution in [0.5, 0.6) is 0 Å². The Kier molecular flexibility index (Phi) is 3.83. The van der Waals surface area contributed by atoms with Crippen molar-refractivity contribution in [2.24, 2.45) is 0 Å². The van der Waals surface area contributed by atoms with Gasteiger partial charge in [0.25, 0.3) is 0 Å². The SMILES string of the molecule is CCc1ccccc1-c1ccccc1-c1ccccc1F. The molecule has 0 saturated carbocycles. The molecular formula is C20H17F. The minimum Gasteiger partial charge on any atom is -0.206 e. The van der Waals surface area contributed by atoms with E-state index in [4.69, 9.17) is 0 Å². The van der Waals surface area contributed by atoms with Crippen molar-refractivity contribution < 1.29 is 4.39 Å². The van der Waals surface area contributed by atoms with Crippen molar-refractivity contribution in [3.63, 3.8) is 0 Å². The van der Waals surface area contributed by atoms with Crippen LogP contribution in [0.3, 0.4) is 0 Å². The monoisotopic (exact) mass is 276 g/mol. The third-order valence-electron chi connectivity index (χ3n) is 3.78. The van der Waals surface area contributed by atoms with Gasteiger partial charge in [-0.2, -0.15) is 0 Å². The highest BCUT2D eigenvalue weighted by molar-refractivity contribution is 5.85. The van der Waals surface area contributed by atoms with Crippen LogP contribution in [-0.2, 0) is 6.42 Å². The number of hydrogen-bond donors (Lipinski definition) is 0. The van der Waals surface area contributed by atoms with E-state index in [1.807, 2.05) is 42.5 Å². The first-order valence-corrected chi connectivity index (χ1v) is 7.23. The summed E-state index contributed by atoms with van der Waals surface area (Å²) < 4.78 is 14.2. The second kappa shape index (κ2) is 5.92. The van der Waals surface area contributed by atoms with Crippen LogP contribution in [0.1, 0.15) is 12.5 Å². The van der Waals surface area contributed by atoms with Crippen molar-refractivity contribution in [1.82, 2.24) is 0 Å². The molecule has 0 spiro atoms. The van der Waals surface area contributed by atoms with Crippen LogP contribution < -0.4 is 0 Å². The van der Waals surface area contributed by atoms with E-state index < -0.39 is 0 Å². The minimum atomic E-state index is -0.182. The maximum absolute atomic E-state index is 14.2. The lowest BCUT2D eigenvalue weighted by molar-refractivity contribution is 0.631. The maximum Gasteiger partial charge on any atom is 0.131 e. The molecule has 0 atom stereocenters. The zero-order chi connectivity index (χ0) is 14.7. The van der Waals surface area contributed by atoms with E-state index in [2.05, 4.69) is 25.1 Å². The first-order valence-electron chi connectivity index (χ1n) is 7.23. The summed E-state index contributed by atoms with van der Waals surface area (Å²) in [5.41, 5.74) is 5.13. The molecule has 0 unspecified atom stereocenters. The van der Waals surface area contributed by atoms with E-state index in [9.17, 15) is 4.39 Å². The molecule has 1 heteroatoms. The highest BCUT2D eigenvalue weighted by Gasteiger charge is 2.12. The van der Waals surface area contributed by atoms with Crippen molar-refractivity contribution in [3.8, 4) is 22.3 Å². The molecule has 0 nitrogen and oxygen atoms in total. The fraction of sp³-hybridized carbons (Fsp3) is 0.100. The third kappa shape index (κ3) is 2.59. The molecular weight excluding hydrogens is 259 g/mol. The Labute approximate surface area is 124 Å². The smallest absolute Gasteiger partial charge is 0.131 e. The van der Waals surface area contributed by atoms with Crippen molar-refractivity contribution in [3.05, 3.63) is 84.2 Å². The van der Waals surface area contributed by atoms with Gasteiger partial charge in [0.15, 0.2) is 0 Å². The van der Waals surface area contributed by atoms with E-state index in [0.717, 1.165) is 17.5 Å². The van der Waals surface area contributed by atoms with Gasteiger partial charge in [0.2, 0.25) is 0 Å². The lowest BCUT2D eigenvalue weighted by atomic mass is 9.91. The van der Waals surface area contributed by atoms with E-state index in [1.165, 1.54) is 17.2 Å². The van der Waals surface area contributed by atoms with Crippen molar-refractivity contribution in [2.45, 2.75) is 13.3 Å². The molecule has 0 fully saturated rings. The molecule has 3 rings (SSSR count). The fourth-order valence-electron chi connectivity index (χ4n) is 2.72. The number of halogens is 1. The summed E-state index contributed by atoms with van der Waals surface area (Å²) in [6.07, 6.45) is 0.960. The van der Waals surface area contributed by atoms with Crippen LogP contribution in [-0.4, -0.2) is 0 Å². The number of aryl methyl sites for hydroxylation is 1. The topological polar surface area (TPSA) is 0 Å². The molecule has 0 amide bonds. The Morgan fingerprint density at radius 1 is 0.619 bits per heavy atom. The molecule has 0 radical (unpaired) electrons. The second-order valence-corrected chi connectivity index (χ2v) is 5.04. The van der Waals surface area contributed by atoms with Crippen molar-refractivity contribution in [1.29, 1.82) is 0 Å². The highest BCUT2D eigenvalue weighted by Crippen LogP contribution is 2.35. The normalized spacial score (nSPS) is 10.6. The Morgan fingerprint density at radius 2 is 1.10 bits per heavy atom. The quantitative estimate of drug-likeness (QED) is 0.573. The molecule has 0 saturated heterocycles. The van der Waals surface area contributed by atoms with Gasteiger partial charge >= 0.3 is 0 Å². The number of rotatable bonds is 3. The molecule has 0 aliphatic rings. The Morgan fingerprint density at radius 3 is 1.71 bits per heavy atom. The summed E-state index contributed by atoms with van der Waals surface area (Å²) in [5, 5.41) is 0. The summed E-state index contributed by atoms with van der Waals surface area (Å²) in [7, 11) is 0. The zero-order valence-corrected chi connectivity index (χ0v) is 12.0. The van der Waals surface area contributed by atoms with E-state index in [1.54, 1.807) is 6.07 Å². The predicted octanol–water partition coefficient (Wildman–Crippen LogP) is 5.72. The summed E-state index contributed by atoms with van der Waals surface area (Å²) in [5.74, 6) is -0.182. The molecule has 0 N–H and O–H groups in total. The summed E-state index contributed by atoms with van der Waals surface area (Å²) in [6, 6.07) is 23.3. The Hall–Kier alpha value is -2.41. The number of hydrogen-bond acceptors (Lipinski definition) is 0. The second-order valence-electron chi connectivity index (χ2n) is 5.04. The summed E-state index contributed by atoms with van der Waals surface area (Å²) >= 11 is 0. The Bertz CT molecular complexity index is 759. The first-order chi connectivity index (χ1) is 10.3. The van der Waals surface area contributed by atoms with Crippen LogP contribution in [0.2, 0.25) is 0 Å². The van der Waals surface area contributed by atoms with Gasteiger partial charge in [-0.15, -0.1) is 0 Å². The van der Waals surface area contributed by atoms with Crippen LogP contribution >= 0.6 is 0 Å². The van der Waals surface area contributed by atoms with Gasteiger partial charge in [0.1, 0.15) is 5.82 Å². The summed E-state index contributed by atoms with van der Waals surface area (Å²) in [4.78, 5) is 0. The molecule has 0 bridgehead atoms. The summed E-state index contributed by atoms with van der Waals surface area (Å²) in [6.45, 7) is 2.14. The molecule has 21 heavy (non-hydrogen) atoms. The van der Waals surface area contributed by atoms with Gasteiger partial charge in [0.05, 0.1) is 0 Å². The predicted molar refractivity (Wildman–Crippen MR) is 86.7 cm³/mol. The Balaban J connectivity index is 2.24. The molecule has 0 aromatic heterocycles. The number of benzene rings is 3. The van der Waals surface area contributed by atoms with Gasteiger partial charge in [-0.05, 0) is 34.7 Å². The lowest BCUT2D eigenvalue weighted by Gasteiger charge is -2.13. The van der Waals surface area contributed by atoms with Crippen molar-refractivity contribution in [2.75, 3.05) is 0 Å². The third-order valence-corrected chi connectivity index (χ3v) is 3.78. The average Bonchev–Trinajstić information content (AvgIpc) is 2.55. The maximum atomic E-state index is 14.2.